The quantitative estimate of drug-likeness (QED) is 0.902. The first kappa shape index (κ1) is 15.5. The third-order valence-electron chi connectivity index (χ3n) is 4.97. The SMILES string of the molecule is CN(C(=O)c1cc(F)cc(C#N)c1)[C@H]1C[C@H]2CNC(=O)C[C@H]2C1. The van der Waals surface area contributed by atoms with E-state index in [4.69, 9.17) is 5.26 Å². The summed E-state index contributed by atoms with van der Waals surface area (Å²) < 4.78 is 13.5. The van der Waals surface area contributed by atoms with Crippen molar-refractivity contribution in [3.8, 4) is 6.07 Å². The van der Waals surface area contributed by atoms with Crippen LogP contribution in [0.15, 0.2) is 18.2 Å². The number of rotatable bonds is 2. The van der Waals surface area contributed by atoms with Gasteiger partial charge in [0.1, 0.15) is 5.82 Å². The van der Waals surface area contributed by atoms with Gasteiger partial charge in [0.15, 0.2) is 0 Å². The van der Waals surface area contributed by atoms with Crippen molar-refractivity contribution >= 4 is 11.8 Å². The van der Waals surface area contributed by atoms with Gasteiger partial charge in [-0.25, -0.2) is 4.39 Å². The lowest BCUT2D eigenvalue weighted by molar-refractivity contribution is -0.124. The summed E-state index contributed by atoms with van der Waals surface area (Å²) in [4.78, 5) is 25.7. The molecule has 1 aliphatic heterocycles. The Labute approximate surface area is 134 Å². The second kappa shape index (κ2) is 5.99. The Hall–Kier alpha value is -2.42. The number of fused-ring (bicyclic) bond motifs is 1. The van der Waals surface area contributed by atoms with Crippen LogP contribution < -0.4 is 5.32 Å². The lowest BCUT2D eigenvalue weighted by Crippen LogP contribution is -2.38. The zero-order valence-electron chi connectivity index (χ0n) is 12.9. The molecule has 5 nitrogen and oxygen atoms in total. The molecule has 1 aromatic rings. The predicted molar refractivity (Wildman–Crippen MR) is 80.8 cm³/mol. The number of hydrogen-bond donors (Lipinski definition) is 1. The molecule has 0 radical (unpaired) electrons. The van der Waals surface area contributed by atoms with Gasteiger partial charge in [-0.3, -0.25) is 9.59 Å². The molecule has 1 saturated heterocycles. The molecule has 2 amide bonds. The lowest BCUT2D eigenvalue weighted by atomic mass is 9.89. The van der Waals surface area contributed by atoms with Crippen molar-refractivity contribution in [3.63, 3.8) is 0 Å². The molecule has 0 bridgehead atoms. The largest absolute Gasteiger partial charge is 0.356 e. The number of carbonyl (C=O) groups is 2. The average molecular weight is 315 g/mol. The van der Waals surface area contributed by atoms with Crippen LogP contribution in [0, 0.1) is 29.0 Å². The van der Waals surface area contributed by atoms with E-state index in [1.807, 2.05) is 6.07 Å². The Balaban J connectivity index is 1.75. The zero-order valence-corrected chi connectivity index (χ0v) is 12.9. The molecule has 0 unspecified atom stereocenters. The van der Waals surface area contributed by atoms with E-state index in [1.54, 1.807) is 11.9 Å². The molecule has 23 heavy (non-hydrogen) atoms. The number of piperidine rings is 1. The van der Waals surface area contributed by atoms with Gasteiger partial charge < -0.3 is 10.2 Å². The molecule has 2 aliphatic rings. The molecular weight excluding hydrogens is 297 g/mol. The van der Waals surface area contributed by atoms with Crippen molar-refractivity contribution in [2.75, 3.05) is 13.6 Å². The molecule has 1 saturated carbocycles. The van der Waals surface area contributed by atoms with Crippen LogP contribution >= 0.6 is 0 Å². The van der Waals surface area contributed by atoms with E-state index in [0.717, 1.165) is 25.0 Å². The smallest absolute Gasteiger partial charge is 0.253 e. The molecule has 0 spiro atoms. The van der Waals surface area contributed by atoms with Crippen LogP contribution in [0.5, 0.6) is 0 Å². The average Bonchev–Trinajstić information content (AvgIpc) is 2.95. The molecule has 1 aromatic carbocycles. The minimum atomic E-state index is -0.587. The Kier molecular flexibility index (Phi) is 4.03. The van der Waals surface area contributed by atoms with Gasteiger partial charge in [0.05, 0.1) is 11.6 Å². The molecule has 3 rings (SSSR count). The highest BCUT2D eigenvalue weighted by atomic mass is 19.1. The number of amides is 2. The van der Waals surface area contributed by atoms with E-state index in [1.165, 1.54) is 6.07 Å². The second-order valence-corrected chi connectivity index (χ2v) is 6.41. The van der Waals surface area contributed by atoms with Gasteiger partial charge in [-0.15, -0.1) is 0 Å². The van der Waals surface area contributed by atoms with Gasteiger partial charge in [0.25, 0.3) is 5.91 Å². The van der Waals surface area contributed by atoms with Crippen molar-refractivity contribution in [1.82, 2.24) is 10.2 Å². The number of halogens is 1. The van der Waals surface area contributed by atoms with Gasteiger partial charge in [0, 0.05) is 31.6 Å². The fourth-order valence-corrected chi connectivity index (χ4v) is 3.70. The summed E-state index contributed by atoms with van der Waals surface area (Å²) in [6, 6.07) is 5.58. The first-order valence-electron chi connectivity index (χ1n) is 7.72. The highest BCUT2D eigenvalue weighted by molar-refractivity contribution is 5.94. The molecule has 120 valence electrons. The van der Waals surface area contributed by atoms with Crippen LogP contribution in [0.25, 0.3) is 0 Å². The van der Waals surface area contributed by atoms with E-state index in [-0.39, 0.29) is 29.0 Å². The summed E-state index contributed by atoms with van der Waals surface area (Å²) in [6.07, 6.45) is 2.15. The third-order valence-corrected chi connectivity index (χ3v) is 4.97. The van der Waals surface area contributed by atoms with Gasteiger partial charge in [-0.1, -0.05) is 0 Å². The van der Waals surface area contributed by atoms with Crippen LogP contribution in [0.2, 0.25) is 0 Å². The molecule has 0 aromatic heterocycles. The summed E-state index contributed by atoms with van der Waals surface area (Å²) in [5, 5.41) is 11.8. The Bertz CT molecular complexity index is 698. The van der Waals surface area contributed by atoms with E-state index in [2.05, 4.69) is 5.32 Å². The topological polar surface area (TPSA) is 73.2 Å². The van der Waals surface area contributed by atoms with Crippen molar-refractivity contribution < 1.29 is 14.0 Å². The minimum absolute atomic E-state index is 0.0407. The monoisotopic (exact) mass is 315 g/mol. The molecule has 1 aliphatic carbocycles. The Morgan fingerprint density at radius 2 is 2.09 bits per heavy atom. The highest BCUT2D eigenvalue weighted by Gasteiger charge is 2.40. The van der Waals surface area contributed by atoms with E-state index < -0.39 is 5.82 Å². The molecule has 2 fully saturated rings. The van der Waals surface area contributed by atoms with Crippen LogP contribution in [0.4, 0.5) is 4.39 Å². The Morgan fingerprint density at radius 3 is 2.83 bits per heavy atom. The predicted octanol–water partition coefficient (Wildman–Crippen LogP) is 1.68. The third kappa shape index (κ3) is 3.04. The molecule has 6 heteroatoms. The van der Waals surface area contributed by atoms with Gasteiger partial charge >= 0.3 is 0 Å². The van der Waals surface area contributed by atoms with Gasteiger partial charge in [0.2, 0.25) is 5.91 Å². The number of benzene rings is 1. The molecule has 1 N–H and O–H groups in total. The first-order chi connectivity index (χ1) is 11.0. The highest BCUT2D eigenvalue weighted by Crippen LogP contribution is 2.38. The summed E-state index contributed by atoms with van der Waals surface area (Å²) in [5.41, 5.74) is 0.324. The summed E-state index contributed by atoms with van der Waals surface area (Å²) in [6.45, 7) is 0.667. The molecule has 3 atom stereocenters. The fraction of sp³-hybridized carbons (Fsp3) is 0.471. The van der Waals surface area contributed by atoms with Crippen LogP contribution in [-0.4, -0.2) is 36.3 Å². The molecular formula is C17H18FN3O2. The van der Waals surface area contributed by atoms with Crippen molar-refractivity contribution in [2.45, 2.75) is 25.3 Å². The number of carbonyl (C=O) groups excluding carboxylic acids is 2. The first-order valence-corrected chi connectivity index (χ1v) is 7.72. The van der Waals surface area contributed by atoms with E-state index in [9.17, 15) is 14.0 Å². The summed E-state index contributed by atoms with van der Waals surface area (Å²) in [5.74, 6) is -0.0920. The van der Waals surface area contributed by atoms with Gasteiger partial charge in [-0.2, -0.15) is 5.26 Å². The second-order valence-electron chi connectivity index (χ2n) is 6.41. The van der Waals surface area contributed by atoms with Crippen molar-refractivity contribution in [1.29, 1.82) is 5.26 Å². The number of hydrogen-bond acceptors (Lipinski definition) is 3. The lowest BCUT2D eigenvalue weighted by Gasteiger charge is -2.25. The van der Waals surface area contributed by atoms with Crippen LogP contribution in [-0.2, 0) is 4.79 Å². The Morgan fingerprint density at radius 1 is 1.35 bits per heavy atom. The maximum Gasteiger partial charge on any atom is 0.253 e. The van der Waals surface area contributed by atoms with E-state index >= 15 is 0 Å². The zero-order chi connectivity index (χ0) is 16.6. The normalized spacial score (nSPS) is 26.1. The number of nitrogens with one attached hydrogen (secondary N) is 1. The van der Waals surface area contributed by atoms with Gasteiger partial charge in [-0.05, 0) is 42.9 Å². The summed E-state index contributed by atoms with van der Waals surface area (Å²) >= 11 is 0. The fourth-order valence-electron chi connectivity index (χ4n) is 3.70. The maximum atomic E-state index is 13.5. The maximum absolute atomic E-state index is 13.5. The van der Waals surface area contributed by atoms with Crippen molar-refractivity contribution in [2.24, 2.45) is 11.8 Å². The standard InChI is InChI=1S/C17H18FN3O2/c1-21(15-5-11-7-16(22)20-9-13(11)6-15)17(23)12-2-10(8-19)3-14(18)4-12/h2-4,11,13,15H,5-7,9H2,1H3,(H,20,22)/t11-,13+,15-/m1/s1. The van der Waals surface area contributed by atoms with E-state index in [0.29, 0.717) is 24.8 Å². The minimum Gasteiger partial charge on any atom is -0.356 e. The molecule has 1 heterocycles. The number of nitrogens with zero attached hydrogens (tertiary/aromatic N) is 2. The van der Waals surface area contributed by atoms with Crippen molar-refractivity contribution in [3.05, 3.63) is 35.1 Å². The number of nitriles is 1. The van der Waals surface area contributed by atoms with Crippen LogP contribution in [0.1, 0.15) is 35.2 Å². The van der Waals surface area contributed by atoms with Crippen LogP contribution in [0.3, 0.4) is 0 Å². The summed E-state index contributed by atoms with van der Waals surface area (Å²) in [7, 11) is 1.70.